The minimum atomic E-state index is -0.198. The van der Waals surface area contributed by atoms with Crippen molar-refractivity contribution in [1.29, 1.82) is 0 Å². The Labute approximate surface area is 143 Å². The van der Waals surface area contributed by atoms with Crippen LogP contribution in [0.25, 0.3) is 12.2 Å². The Morgan fingerprint density at radius 2 is 1.21 bits per heavy atom. The molecule has 0 saturated heterocycles. The van der Waals surface area contributed by atoms with E-state index in [1.54, 1.807) is 18.2 Å². The summed E-state index contributed by atoms with van der Waals surface area (Å²) < 4.78 is 0. The molecule has 0 aliphatic heterocycles. The first kappa shape index (κ1) is 15.8. The van der Waals surface area contributed by atoms with Gasteiger partial charge in [-0.1, -0.05) is 18.2 Å². The fourth-order valence-electron chi connectivity index (χ4n) is 1.55. The summed E-state index contributed by atoms with van der Waals surface area (Å²) >= 11 is 0. The standard InChI is InChI=1S/C14H12O4.Pr/c15-11-5-10(6-12(16)8-11)2-1-9-3-4-13(17)14(18)7-9;/h1-8,15-18H;/b2-1+;. The van der Waals surface area contributed by atoms with Crippen LogP contribution in [0, 0.1) is 41.3 Å². The second-order valence-electron chi connectivity index (χ2n) is 3.86. The summed E-state index contributed by atoms with van der Waals surface area (Å²) in [5.41, 5.74) is 1.31. The van der Waals surface area contributed by atoms with Gasteiger partial charge in [0.25, 0.3) is 0 Å². The minimum Gasteiger partial charge on any atom is -0.508 e. The van der Waals surface area contributed by atoms with Crippen LogP contribution in [0.4, 0.5) is 0 Å². The summed E-state index contributed by atoms with van der Waals surface area (Å²) in [6, 6.07) is 8.66. The van der Waals surface area contributed by atoms with E-state index in [1.165, 1.54) is 30.3 Å². The number of phenolic OH excluding ortho intramolecular Hbond substituents is 4. The first-order valence-electron chi connectivity index (χ1n) is 5.28. The monoisotopic (exact) mass is 385 g/mol. The quantitative estimate of drug-likeness (QED) is 0.474. The molecule has 19 heavy (non-hydrogen) atoms. The predicted octanol–water partition coefficient (Wildman–Crippen LogP) is 2.68. The van der Waals surface area contributed by atoms with E-state index in [9.17, 15) is 15.3 Å². The number of hydrogen-bond donors (Lipinski definition) is 4. The van der Waals surface area contributed by atoms with Crippen LogP contribution in [0.5, 0.6) is 23.0 Å². The molecule has 5 heteroatoms. The van der Waals surface area contributed by atoms with Gasteiger partial charge in [0.1, 0.15) is 11.5 Å². The fraction of sp³-hybridized carbons (Fsp3) is 0. The van der Waals surface area contributed by atoms with Crippen molar-refractivity contribution in [1.82, 2.24) is 0 Å². The molecule has 0 bridgehead atoms. The maximum atomic E-state index is 9.32. The molecule has 0 aromatic heterocycles. The second-order valence-corrected chi connectivity index (χ2v) is 3.86. The molecule has 0 aliphatic carbocycles. The molecule has 0 heterocycles. The second kappa shape index (κ2) is 6.78. The summed E-state index contributed by atoms with van der Waals surface area (Å²) in [5, 5.41) is 37.1. The largest absolute Gasteiger partial charge is 0.508 e. The Hall–Kier alpha value is -1.26. The van der Waals surface area contributed by atoms with Crippen LogP contribution in [0.2, 0.25) is 0 Å². The van der Waals surface area contributed by atoms with Gasteiger partial charge in [-0.15, -0.1) is 0 Å². The third-order valence-electron chi connectivity index (χ3n) is 2.39. The smallest absolute Gasteiger partial charge is 0.157 e. The van der Waals surface area contributed by atoms with Crippen molar-refractivity contribution in [2.75, 3.05) is 0 Å². The van der Waals surface area contributed by atoms with Gasteiger partial charge in [-0.25, -0.2) is 0 Å². The van der Waals surface area contributed by atoms with Crippen molar-refractivity contribution in [3.63, 3.8) is 0 Å². The van der Waals surface area contributed by atoms with Gasteiger partial charge in [-0.2, -0.15) is 0 Å². The zero-order valence-corrected chi connectivity index (χ0v) is 13.7. The number of phenols is 4. The minimum absolute atomic E-state index is 0. The molecule has 1 radical (unpaired) electrons. The Kier molecular flexibility index (Phi) is 5.64. The molecule has 0 saturated carbocycles. The first-order valence-corrected chi connectivity index (χ1v) is 5.28. The normalized spacial score (nSPS) is 10.3. The molecular weight excluding hydrogens is 373 g/mol. The molecule has 2 aromatic carbocycles. The van der Waals surface area contributed by atoms with Gasteiger partial charge < -0.3 is 20.4 Å². The van der Waals surface area contributed by atoms with Gasteiger partial charge in [-0.05, 0) is 35.4 Å². The molecule has 2 aromatic rings. The van der Waals surface area contributed by atoms with E-state index in [-0.39, 0.29) is 64.3 Å². The molecular formula is C14H12O4Pr. The molecule has 4 nitrogen and oxygen atoms in total. The molecule has 0 atom stereocenters. The molecule has 0 spiro atoms. The molecule has 0 aliphatic rings. The van der Waals surface area contributed by atoms with E-state index >= 15 is 0 Å². The fourth-order valence-corrected chi connectivity index (χ4v) is 1.55. The predicted molar refractivity (Wildman–Crippen MR) is 68.5 cm³/mol. The summed E-state index contributed by atoms with van der Waals surface area (Å²) in [4.78, 5) is 0. The van der Waals surface area contributed by atoms with Crippen LogP contribution in [0.3, 0.4) is 0 Å². The maximum absolute atomic E-state index is 9.32. The first-order chi connectivity index (χ1) is 8.54. The molecule has 95 valence electrons. The van der Waals surface area contributed by atoms with E-state index in [0.717, 1.165) is 0 Å². The van der Waals surface area contributed by atoms with Gasteiger partial charge in [-0.3, -0.25) is 0 Å². The summed E-state index contributed by atoms with van der Waals surface area (Å²) in [6.07, 6.45) is 3.36. The van der Waals surface area contributed by atoms with Crippen LogP contribution in [-0.4, -0.2) is 20.4 Å². The summed E-state index contributed by atoms with van der Waals surface area (Å²) in [7, 11) is 0. The van der Waals surface area contributed by atoms with Gasteiger partial charge in [0.05, 0.1) is 0 Å². The van der Waals surface area contributed by atoms with Crippen LogP contribution >= 0.6 is 0 Å². The third kappa shape index (κ3) is 4.41. The van der Waals surface area contributed by atoms with E-state index in [4.69, 9.17) is 5.11 Å². The summed E-state index contributed by atoms with van der Waals surface area (Å²) in [6.45, 7) is 0. The molecule has 2 rings (SSSR count). The van der Waals surface area contributed by atoms with Gasteiger partial charge in [0.15, 0.2) is 11.5 Å². The van der Waals surface area contributed by atoms with Crippen molar-refractivity contribution in [3.8, 4) is 23.0 Å². The maximum Gasteiger partial charge on any atom is 0.157 e. The van der Waals surface area contributed by atoms with Crippen LogP contribution in [0.15, 0.2) is 36.4 Å². The van der Waals surface area contributed by atoms with Crippen molar-refractivity contribution < 1.29 is 61.7 Å². The number of benzene rings is 2. The molecule has 0 fully saturated rings. The van der Waals surface area contributed by atoms with Crippen molar-refractivity contribution in [2.45, 2.75) is 0 Å². The van der Waals surface area contributed by atoms with E-state index in [1.807, 2.05) is 0 Å². The van der Waals surface area contributed by atoms with Crippen LogP contribution in [-0.2, 0) is 0 Å². The van der Waals surface area contributed by atoms with Crippen molar-refractivity contribution >= 4 is 12.2 Å². The Morgan fingerprint density at radius 1 is 0.632 bits per heavy atom. The van der Waals surface area contributed by atoms with Gasteiger partial charge >= 0.3 is 0 Å². The molecule has 0 amide bonds. The zero-order chi connectivity index (χ0) is 13.1. The average molecular weight is 385 g/mol. The Morgan fingerprint density at radius 3 is 1.79 bits per heavy atom. The van der Waals surface area contributed by atoms with Crippen LogP contribution in [0.1, 0.15) is 11.1 Å². The topological polar surface area (TPSA) is 80.9 Å². The van der Waals surface area contributed by atoms with E-state index in [0.29, 0.717) is 11.1 Å². The van der Waals surface area contributed by atoms with Crippen LogP contribution < -0.4 is 0 Å². The SMILES string of the molecule is Oc1cc(O)cc(/C=C/c2ccc(O)c(O)c2)c1.[Pr]. The number of hydrogen-bond acceptors (Lipinski definition) is 4. The number of aromatic hydroxyl groups is 4. The Balaban J connectivity index is 0.00000180. The average Bonchev–Trinajstić information content (AvgIpc) is 2.29. The summed E-state index contributed by atoms with van der Waals surface area (Å²) in [5.74, 6) is -0.426. The third-order valence-corrected chi connectivity index (χ3v) is 2.39. The van der Waals surface area contributed by atoms with E-state index in [2.05, 4.69) is 0 Å². The van der Waals surface area contributed by atoms with Gasteiger partial charge in [0.2, 0.25) is 0 Å². The Bertz CT molecular complexity index is 588. The van der Waals surface area contributed by atoms with Crippen molar-refractivity contribution in [3.05, 3.63) is 47.5 Å². The van der Waals surface area contributed by atoms with Gasteiger partial charge in [0, 0.05) is 47.4 Å². The molecule has 0 unspecified atom stereocenters. The zero-order valence-electron chi connectivity index (χ0n) is 9.99. The van der Waals surface area contributed by atoms with E-state index < -0.39 is 0 Å². The van der Waals surface area contributed by atoms with Crippen molar-refractivity contribution in [2.24, 2.45) is 0 Å². The molecule has 4 N–H and O–H groups in total. The number of rotatable bonds is 2.